The van der Waals surface area contributed by atoms with E-state index in [0.717, 1.165) is 11.1 Å². The molecule has 3 aromatic rings. The van der Waals surface area contributed by atoms with Gasteiger partial charge in [0, 0.05) is 11.6 Å². The summed E-state index contributed by atoms with van der Waals surface area (Å²) in [5, 5.41) is 25.8. The molecule has 2 aromatic carbocycles. The molecule has 210 valence electrons. The van der Waals surface area contributed by atoms with Gasteiger partial charge in [0.2, 0.25) is 24.5 Å². The summed E-state index contributed by atoms with van der Waals surface area (Å²) >= 11 is 0. The van der Waals surface area contributed by atoms with Crippen LogP contribution in [0.1, 0.15) is 59.8 Å². The van der Waals surface area contributed by atoms with Gasteiger partial charge in [-0.25, -0.2) is 0 Å². The summed E-state index contributed by atoms with van der Waals surface area (Å²) in [5.41, 5.74) is 1.61. The topological polar surface area (TPSA) is 150 Å². The van der Waals surface area contributed by atoms with Crippen molar-refractivity contribution in [2.45, 2.75) is 45.7 Å². The van der Waals surface area contributed by atoms with Crippen LogP contribution in [0, 0.1) is 12.8 Å². The van der Waals surface area contributed by atoms with E-state index in [0.29, 0.717) is 17.9 Å². The first-order chi connectivity index (χ1) is 19.2. The monoisotopic (exact) mass is 547 g/mol. The molecule has 0 radical (unpaired) electrons. The summed E-state index contributed by atoms with van der Waals surface area (Å²) in [7, 11) is 0. The lowest BCUT2D eigenvalue weighted by atomic mass is 9.90. The second kappa shape index (κ2) is 12.4. The number of ether oxygens (including phenoxy) is 2. The number of ketones is 1. The average Bonchev–Trinajstić information content (AvgIpc) is 3.52. The number of rotatable bonds is 11. The number of carbonyl (C=O) groups is 3. The Labute approximate surface area is 232 Å². The molecule has 0 fully saturated rings. The summed E-state index contributed by atoms with van der Waals surface area (Å²) in [6, 6.07) is 12.8. The predicted octanol–water partition coefficient (Wildman–Crippen LogP) is 4.14. The van der Waals surface area contributed by atoms with E-state index in [4.69, 9.17) is 9.47 Å². The van der Waals surface area contributed by atoms with Gasteiger partial charge in [-0.2, -0.15) is 0 Å². The zero-order valence-corrected chi connectivity index (χ0v) is 22.6. The van der Waals surface area contributed by atoms with E-state index in [1.54, 1.807) is 36.4 Å². The van der Waals surface area contributed by atoms with E-state index in [1.807, 2.05) is 32.0 Å². The number of hydrogen-bond donors (Lipinski definition) is 5. The van der Waals surface area contributed by atoms with E-state index < -0.39 is 35.6 Å². The van der Waals surface area contributed by atoms with Gasteiger partial charge in [0.1, 0.15) is 0 Å². The molecule has 10 nitrogen and oxygen atoms in total. The van der Waals surface area contributed by atoms with Gasteiger partial charge < -0.3 is 30.3 Å². The van der Waals surface area contributed by atoms with Gasteiger partial charge in [-0.1, -0.05) is 56.7 Å². The van der Waals surface area contributed by atoms with Crippen molar-refractivity contribution in [1.29, 1.82) is 0 Å². The molecular formula is C30H33N3O7. The molecule has 2 heterocycles. The number of hydrogen-bond acceptors (Lipinski definition) is 7. The highest BCUT2D eigenvalue weighted by Gasteiger charge is 2.32. The number of aromatic amines is 1. The van der Waals surface area contributed by atoms with Crippen LogP contribution < -0.4 is 20.1 Å². The summed E-state index contributed by atoms with van der Waals surface area (Å²) < 4.78 is 10.7. The lowest BCUT2D eigenvalue weighted by Gasteiger charge is -2.25. The molecule has 40 heavy (non-hydrogen) atoms. The summed E-state index contributed by atoms with van der Waals surface area (Å²) in [5.74, 6) is -1.15. The first kappa shape index (κ1) is 28.3. The molecular weight excluding hydrogens is 514 g/mol. The third-order valence-corrected chi connectivity index (χ3v) is 6.99. The van der Waals surface area contributed by atoms with Crippen molar-refractivity contribution in [3.05, 3.63) is 76.9 Å². The van der Waals surface area contributed by atoms with E-state index in [1.165, 1.54) is 13.0 Å². The van der Waals surface area contributed by atoms with Crippen molar-refractivity contribution >= 4 is 23.7 Å². The minimum Gasteiger partial charge on any atom is -0.494 e. The van der Waals surface area contributed by atoms with Crippen LogP contribution in [0.15, 0.2) is 54.6 Å². The van der Waals surface area contributed by atoms with Gasteiger partial charge >= 0.3 is 0 Å². The molecule has 0 saturated carbocycles. The molecule has 10 heteroatoms. The first-order valence-corrected chi connectivity index (χ1v) is 13.0. The number of carbonyl (C=O) groups excluding carboxylic acids is 3. The normalized spacial score (nSPS) is 14.5. The fourth-order valence-electron chi connectivity index (χ4n) is 4.49. The Bertz CT molecular complexity index is 1410. The molecule has 5 N–H and O–H groups in total. The molecule has 3 atom stereocenters. The number of nitrogens with one attached hydrogen (secondary N) is 3. The van der Waals surface area contributed by atoms with Crippen molar-refractivity contribution in [2.75, 3.05) is 6.79 Å². The number of aromatic hydroxyl groups is 2. The molecule has 0 bridgehead atoms. The Kier molecular flexibility index (Phi) is 8.78. The summed E-state index contributed by atoms with van der Waals surface area (Å²) in [6.07, 6.45) is 3.46. The van der Waals surface area contributed by atoms with Gasteiger partial charge in [-0.15, -0.1) is 0 Å². The van der Waals surface area contributed by atoms with Crippen LogP contribution in [0.5, 0.6) is 23.3 Å². The molecule has 0 aliphatic carbocycles. The Morgan fingerprint density at radius 3 is 2.42 bits per heavy atom. The van der Waals surface area contributed by atoms with Gasteiger partial charge in [-0.3, -0.25) is 19.4 Å². The second-order valence-electron chi connectivity index (χ2n) is 9.74. The number of fused-ring (bicyclic) bond motifs is 1. The van der Waals surface area contributed by atoms with Crippen LogP contribution in [-0.4, -0.2) is 45.6 Å². The molecule has 2 amide bonds. The molecule has 1 unspecified atom stereocenters. The minimum absolute atomic E-state index is 0.0651. The van der Waals surface area contributed by atoms with Gasteiger partial charge in [0.05, 0.1) is 24.1 Å². The maximum Gasteiger partial charge on any atom is 0.244 e. The Morgan fingerprint density at radius 2 is 1.75 bits per heavy atom. The Hall–Kier alpha value is -4.73. The largest absolute Gasteiger partial charge is 0.494 e. The highest BCUT2D eigenvalue weighted by Crippen LogP contribution is 2.33. The zero-order chi connectivity index (χ0) is 28.8. The number of benzene rings is 2. The third kappa shape index (κ3) is 6.45. The molecule has 1 aromatic heterocycles. The average molecular weight is 548 g/mol. The lowest BCUT2D eigenvalue weighted by molar-refractivity contribution is -0.123. The maximum absolute atomic E-state index is 13.4. The SMILES string of the molecule is CC[C@H](C)C(NC(=O)C[C@H](NC(=O)C=Cc1ccc2c(c1)OCO2)c1ccccc1)C(=O)c1c(O)[nH]c(O)c1C. The molecule has 4 rings (SSSR count). The van der Waals surface area contributed by atoms with Gasteiger partial charge in [-0.05, 0) is 42.2 Å². The van der Waals surface area contributed by atoms with E-state index in [2.05, 4.69) is 15.6 Å². The quantitative estimate of drug-likeness (QED) is 0.179. The maximum atomic E-state index is 13.4. The minimum atomic E-state index is -0.949. The van der Waals surface area contributed by atoms with Crippen LogP contribution in [0.3, 0.4) is 0 Å². The first-order valence-electron chi connectivity index (χ1n) is 13.0. The van der Waals surface area contributed by atoms with Crippen molar-refractivity contribution in [2.24, 2.45) is 5.92 Å². The summed E-state index contributed by atoms with van der Waals surface area (Å²) in [6.45, 7) is 5.37. The summed E-state index contributed by atoms with van der Waals surface area (Å²) in [4.78, 5) is 41.8. The predicted molar refractivity (Wildman–Crippen MR) is 148 cm³/mol. The smallest absolute Gasteiger partial charge is 0.244 e. The number of Topliss-reactive ketones (excluding diaryl/α,β-unsaturated/α-hetero) is 1. The van der Waals surface area contributed by atoms with E-state index in [9.17, 15) is 24.6 Å². The fraction of sp³-hybridized carbons (Fsp3) is 0.300. The van der Waals surface area contributed by atoms with Crippen molar-refractivity contribution in [1.82, 2.24) is 15.6 Å². The van der Waals surface area contributed by atoms with E-state index in [-0.39, 0.29) is 36.1 Å². The van der Waals surface area contributed by atoms with Crippen molar-refractivity contribution < 1.29 is 34.1 Å². The standard InChI is InChI=1S/C30H33N3O7/c1-4-17(2)27(28(36)26-18(3)29(37)33-30(26)38)32-25(35)15-21(20-8-6-5-7-9-20)31-24(34)13-11-19-10-12-22-23(14-19)40-16-39-22/h5-14,17,21,27,33,37-38H,4,15-16H2,1-3H3,(H,31,34)(H,32,35)/t17-,21-,27?/m0/s1. The molecule has 0 spiro atoms. The number of aromatic nitrogens is 1. The highest BCUT2D eigenvalue weighted by molar-refractivity contribution is 6.05. The molecule has 1 aliphatic heterocycles. The van der Waals surface area contributed by atoms with Gasteiger partial charge in [0.25, 0.3) is 0 Å². The van der Waals surface area contributed by atoms with Crippen LogP contribution >= 0.6 is 0 Å². The zero-order valence-electron chi connectivity index (χ0n) is 22.6. The van der Waals surface area contributed by atoms with E-state index >= 15 is 0 Å². The molecule has 1 aliphatic rings. The second-order valence-corrected chi connectivity index (χ2v) is 9.74. The van der Waals surface area contributed by atoms with Crippen LogP contribution in [0.25, 0.3) is 6.08 Å². The highest BCUT2D eigenvalue weighted by atomic mass is 16.7. The van der Waals surface area contributed by atoms with Gasteiger partial charge in [0.15, 0.2) is 23.2 Å². The molecule has 0 saturated heterocycles. The fourth-order valence-corrected chi connectivity index (χ4v) is 4.49. The van der Waals surface area contributed by atoms with Crippen molar-refractivity contribution in [3.8, 4) is 23.3 Å². The Balaban J connectivity index is 1.48. The van der Waals surface area contributed by atoms with Crippen LogP contribution in [0.4, 0.5) is 0 Å². The number of H-pyrrole nitrogens is 1. The van der Waals surface area contributed by atoms with Crippen LogP contribution in [0.2, 0.25) is 0 Å². The van der Waals surface area contributed by atoms with Crippen molar-refractivity contribution in [3.63, 3.8) is 0 Å². The van der Waals surface area contributed by atoms with Crippen LogP contribution in [-0.2, 0) is 9.59 Å². The number of amides is 2. The lowest BCUT2D eigenvalue weighted by Crippen LogP contribution is -2.46. The third-order valence-electron chi connectivity index (χ3n) is 6.99. The Morgan fingerprint density at radius 1 is 1.02 bits per heavy atom.